The van der Waals surface area contributed by atoms with Gasteiger partial charge in [-0.1, -0.05) is 12.1 Å². The lowest BCUT2D eigenvalue weighted by Gasteiger charge is -2.20. The first kappa shape index (κ1) is 14.3. The van der Waals surface area contributed by atoms with Gasteiger partial charge in [-0.2, -0.15) is 0 Å². The summed E-state index contributed by atoms with van der Waals surface area (Å²) in [5.74, 6) is 0.700. The van der Waals surface area contributed by atoms with E-state index in [1.807, 2.05) is 18.2 Å². The maximum absolute atomic E-state index is 5.76. The van der Waals surface area contributed by atoms with Gasteiger partial charge in [0.15, 0.2) is 0 Å². The van der Waals surface area contributed by atoms with Crippen molar-refractivity contribution in [3.8, 4) is 0 Å². The maximum Gasteiger partial charge on any atom is 0.0507 e. The number of hydrogen-bond donors (Lipinski definition) is 1. The van der Waals surface area contributed by atoms with Crippen LogP contribution in [0.15, 0.2) is 24.3 Å². The minimum absolute atomic E-state index is 0. The second-order valence-corrected chi connectivity index (χ2v) is 4.67. The zero-order valence-corrected chi connectivity index (χ0v) is 11.1. The van der Waals surface area contributed by atoms with Crippen molar-refractivity contribution in [1.82, 2.24) is 4.90 Å². The maximum atomic E-state index is 5.76. The molecule has 4 heteroatoms. The van der Waals surface area contributed by atoms with Crippen LogP contribution >= 0.6 is 12.4 Å². The van der Waals surface area contributed by atoms with Crippen molar-refractivity contribution in [2.75, 3.05) is 32.5 Å². The summed E-state index contributed by atoms with van der Waals surface area (Å²) in [6.07, 6.45) is 1.20. The van der Waals surface area contributed by atoms with Gasteiger partial charge in [0.2, 0.25) is 0 Å². The number of rotatable bonds is 4. The highest BCUT2D eigenvalue weighted by molar-refractivity contribution is 5.85. The molecular formula is C13H21ClN2O. The minimum Gasteiger partial charge on any atom is -0.399 e. The van der Waals surface area contributed by atoms with Gasteiger partial charge in [0.25, 0.3) is 0 Å². The predicted octanol–water partition coefficient (Wildman–Crippen LogP) is 2.16. The van der Waals surface area contributed by atoms with Crippen molar-refractivity contribution in [3.05, 3.63) is 29.8 Å². The van der Waals surface area contributed by atoms with Gasteiger partial charge < -0.3 is 15.4 Å². The Bertz CT molecular complexity index is 340. The first-order chi connectivity index (χ1) is 7.74. The van der Waals surface area contributed by atoms with E-state index in [9.17, 15) is 0 Å². The first-order valence-corrected chi connectivity index (χ1v) is 5.85. The zero-order chi connectivity index (χ0) is 11.4. The van der Waals surface area contributed by atoms with Crippen LogP contribution in [-0.4, -0.2) is 31.7 Å². The molecule has 1 saturated heterocycles. The van der Waals surface area contributed by atoms with Gasteiger partial charge in [0.05, 0.1) is 6.61 Å². The summed E-state index contributed by atoms with van der Waals surface area (Å²) in [7, 11) is 2.15. The van der Waals surface area contributed by atoms with E-state index in [1.165, 1.54) is 12.0 Å². The largest absolute Gasteiger partial charge is 0.399 e. The quantitative estimate of drug-likeness (QED) is 0.839. The van der Waals surface area contributed by atoms with Crippen LogP contribution in [0.4, 0.5) is 5.69 Å². The predicted molar refractivity (Wildman–Crippen MR) is 73.4 cm³/mol. The van der Waals surface area contributed by atoms with Crippen LogP contribution in [-0.2, 0) is 11.3 Å². The number of anilines is 1. The molecule has 0 amide bonds. The molecular weight excluding hydrogens is 236 g/mol. The van der Waals surface area contributed by atoms with Crippen LogP contribution in [0, 0.1) is 5.92 Å². The van der Waals surface area contributed by atoms with Gasteiger partial charge in [-0.25, -0.2) is 0 Å². The number of halogens is 1. The summed E-state index contributed by atoms with van der Waals surface area (Å²) >= 11 is 0. The fourth-order valence-corrected chi connectivity index (χ4v) is 2.24. The third-order valence-corrected chi connectivity index (χ3v) is 3.00. The normalized spacial score (nSPS) is 19.3. The lowest BCUT2D eigenvalue weighted by molar-refractivity contribution is 0.173. The van der Waals surface area contributed by atoms with E-state index in [0.717, 1.165) is 32.0 Å². The molecule has 2 rings (SSSR count). The van der Waals surface area contributed by atoms with Gasteiger partial charge in [-0.05, 0) is 37.1 Å². The van der Waals surface area contributed by atoms with E-state index in [2.05, 4.69) is 18.0 Å². The first-order valence-electron chi connectivity index (χ1n) is 5.85. The number of ether oxygens (including phenoxy) is 1. The molecule has 1 atom stereocenters. The molecule has 2 N–H and O–H groups in total. The zero-order valence-electron chi connectivity index (χ0n) is 10.3. The Balaban J connectivity index is 0.00000144. The van der Waals surface area contributed by atoms with Crippen molar-refractivity contribution < 1.29 is 4.74 Å². The Kier molecular flexibility index (Phi) is 5.75. The van der Waals surface area contributed by atoms with E-state index >= 15 is 0 Å². The highest BCUT2D eigenvalue weighted by Crippen LogP contribution is 2.15. The summed E-state index contributed by atoms with van der Waals surface area (Å²) in [4.78, 5) is 2.34. The molecule has 17 heavy (non-hydrogen) atoms. The summed E-state index contributed by atoms with van der Waals surface area (Å²) < 4.78 is 5.38. The Labute approximate surface area is 109 Å². The molecule has 0 bridgehead atoms. The molecule has 1 aromatic carbocycles. The number of nitrogens with two attached hydrogens (primary N) is 1. The van der Waals surface area contributed by atoms with Crippen LogP contribution in [0.3, 0.4) is 0 Å². The molecule has 1 aromatic rings. The molecule has 96 valence electrons. The van der Waals surface area contributed by atoms with Gasteiger partial charge in [-0.3, -0.25) is 0 Å². The lowest BCUT2D eigenvalue weighted by atomic mass is 10.1. The van der Waals surface area contributed by atoms with Gasteiger partial charge in [0, 0.05) is 25.4 Å². The number of benzene rings is 1. The van der Waals surface area contributed by atoms with Crippen molar-refractivity contribution in [1.29, 1.82) is 0 Å². The van der Waals surface area contributed by atoms with E-state index in [1.54, 1.807) is 0 Å². The third-order valence-electron chi connectivity index (χ3n) is 3.00. The Hall–Kier alpha value is -0.770. The lowest BCUT2D eigenvalue weighted by Crippen LogP contribution is -2.25. The SMILES string of the molecule is CN(Cc1cccc(N)c1)CC1CCOC1.Cl. The van der Waals surface area contributed by atoms with Crippen molar-refractivity contribution >= 4 is 18.1 Å². The fourth-order valence-electron chi connectivity index (χ4n) is 2.24. The molecule has 1 aliphatic heterocycles. The Morgan fingerprint density at radius 3 is 2.94 bits per heavy atom. The minimum atomic E-state index is 0. The average molecular weight is 257 g/mol. The molecule has 0 spiro atoms. The van der Waals surface area contributed by atoms with E-state index in [4.69, 9.17) is 10.5 Å². The fraction of sp³-hybridized carbons (Fsp3) is 0.538. The molecule has 0 aromatic heterocycles. The third kappa shape index (κ3) is 4.54. The number of nitrogens with zero attached hydrogens (tertiary/aromatic N) is 1. The molecule has 0 radical (unpaired) electrons. The number of nitrogen functional groups attached to an aromatic ring is 1. The summed E-state index contributed by atoms with van der Waals surface area (Å²) in [6, 6.07) is 8.10. The van der Waals surface area contributed by atoms with Crippen LogP contribution in [0.25, 0.3) is 0 Å². The highest BCUT2D eigenvalue weighted by atomic mass is 35.5. The molecule has 0 aliphatic carbocycles. The van der Waals surface area contributed by atoms with Crippen LogP contribution in [0.2, 0.25) is 0 Å². The Morgan fingerprint density at radius 1 is 1.47 bits per heavy atom. The van der Waals surface area contributed by atoms with Crippen molar-refractivity contribution in [2.24, 2.45) is 5.92 Å². The second-order valence-electron chi connectivity index (χ2n) is 4.67. The standard InChI is InChI=1S/C13H20N2O.ClH/c1-15(9-12-5-6-16-10-12)8-11-3-2-4-13(14)7-11;/h2-4,7,12H,5-6,8-10,14H2,1H3;1H. The Morgan fingerprint density at radius 2 is 2.29 bits per heavy atom. The van der Waals surface area contributed by atoms with Crippen LogP contribution < -0.4 is 5.73 Å². The summed E-state index contributed by atoms with van der Waals surface area (Å²) in [5.41, 5.74) is 7.88. The molecule has 1 aliphatic rings. The van der Waals surface area contributed by atoms with E-state index in [0.29, 0.717) is 5.92 Å². The topological polar surface area (TPSA) is 38.5 Å². The summed E-state index contributed by atoms with van der Waals surface area (Å²) in [6.45, 7) is 3.91. The van der Waals surface area contributed by atoms with E-state index in [-0.39, 0.29) is 12.4 Å². The highest BCUT2D eigenvalue weighted by Gasteiger charge is 2.17. The van der Waals surface area contributed by atoms with E-state index < -0.39 is 0 Å². The van der Waals surface area contributed by atoms with Crippen molar-refractivity contribution in [3.63, 3.8) is 0 Å². The molecule has 0 saturated carbocycles. The van der Waals surface area contributed by atoms with Crippen molar-refractivity contribution in [2.45, 2.75) is 13.0 Å². The molecule has 1 heterocycles. The van der Waals surface area contributed by atoms with Crippen LogP contribution in [0.1, 0.15) is 12.0 Å². The van der Waals surface area contributed by atoms with Gasteiger partial charge in [-0.15, -0.1) is 12.4 Å². The van der Waals surface area contributed by atoms with Gasteiger partial charge in [0.1, 0.15) is 0 Å². The average Bonchev–Trinajstić information content (AvgIpc) is 2.70. The smallest absolute Gasteiger partial charge is 0.0507 e. The molecule has 1 fully saturated rings. The monoisotopic (exact) mass is 256 g/mol. The number of hydrogen-bond acceptors (Lipinski definition) is 3. The van der Waals surface area contributed by atoms with Gasteiger partial charge >= 0.3 is 0 Å². The van der Waals surface area contributed by atoms with Crippen LogP contribution in [0.5, 0.6) is 0 Å². The molecule has 3 nitrogen and oxygen atoms in total. The second kappa shape index (κ2) is 6.84. The molecule has 1 unspecified atom stereocenters. The summed E-state index contributed by atoms with van der Waals surface area (Å²) in [5, 5.41) is 0.